The van der Waals surface area contributed by atoms with E-state index >= 15 is 0 Å². The first kappa shape index (κ1) is 16.4. The zero-order chi connectivity index (χ0) is 15.5. The Morgan fingerprint density at radius 2 is 1.90 bits per heavy atom. The van der Waals surface area contributed by atoms with Gasteiger partial charge in [-0.15, -0.1) is 0 Å². The zero-order valence-electron chi connectivity index (χ0n) is 14.3. The second-order valence-electron chi connectivity index (χ2n) is 7.34. The molecule has 2 heteroatoms. The normalized spacial score (nSPS) is 23.1. The predicted octanol–water partition coefficient (Wildman–Crippen LogP) is 4.59. The Labute approximate surface area is 130 Å². The Hall–Kier alpha value is -1.02. The quantitative estimate of drug-likeness (QED) is 0.875. The van der Waals surface area contributed by atoms with Crippen molar-refractivity contribution in [2.24, 2.45) is 0 Å². The topological polar surface area (TPSA) is 21.3 Å². The second-order valence-corrected chi connectivity index (χ2v) is 7.34. The van der Waals surface area contributed by atoms with Gasteiger partial charge < -0.3 is 10.1 Å². The lowest BCUT2D eigenvalue weighted by atomic mass is 9.86. The van der Waals surface area contributed by atoms with Gasteiger partial charge in [-0.1, -0.05) is 46.2 Å². The number of hydrogen-bond acceptors (Lipinski definition) is 2. The van der Waals surface area contributed by atoms with Gasteiger partial charge in [-0.25, -0.2) is 0 Å². The Morgan fingerprint density at radius 1 is 1.19 bits per heavy atom. The highest BCUT2D eigenvalue weighted by atomic mass is 16.5. The van der Waals surface area contributed by atoms with Crippen LogP contribution in [0.4, 0.5) is 0 Å². The fourth-order valence-electron chi connectivity index (χ4n) is 3.14. The smallest absolute Gasteiger partial charge is 0.122 e. The highest BCUT2D eigenvalue weighted by Crippen LogP contribution is 2.30. The van der Waals surface area contributed by atoms with E-state index in [1.807, 2.05) is 0 Å². The number of ether oxygens (including phenoxy) is 1. The van der Waals surface area contributed by atoms with E-state index in [9.17, 15) is 0 Å². The van der Waals surface area contributed by atoms with Gasteiger partial charge in [-0.05, 0) is 55.3 Å². The monoisotopic (exact) mass is 289 g/mol. The van der Waals surface area contributed by atoms with Gasteiger partial charge in [0.25, 0.3) is 0 Å². The summed E-state index contributed by atoms with van der Waals surface area (Å²) in [5, 5.41) is 3.58. The lowest BCUT2D eigenvalue weighted by molar-refractivity contribution is 0.114. The molecule has 2 unspecified atom stereocenters. The highest BCUT2D eigenvalue weighted by Gasteiger charge is 2.26. The third-order valence-electron chi connectivity index (χ3n) is 4.49. The standard InChI is InChI=1S/C19H31NO/c1-6-20-16-9-7-8-10-18(16)21-17-12-11-15(13-14(17)2)19(3,4)5/h11-13,16,18,20H,6-10H2,1-5H3. The number of rotatable bonds is 4. The number of benzene rings is 1. The molecular weight excluding hydrogens is 258 g/mol. The van der Waals surface area contributed by atoms with Crippen LogP contribution in [0.5, 0.6) is 5.75 Å². The summed E-state index contributed by atoms with van der Waals surface area (Å²) in [6.07, 6.45) is 5.32. The van der Waals surface area contributed by atoms with E-state index in [4.69, 9.17) is 4.74 Å². The maximum Gasteiger partial charge on any atom is 0.122 e. The summed E-state index contributed by atoms with van der Waals surface area (Å²) >= 11 is 0. The molecule has 1 N–H and O–H groups in total. The number of nitrogens with one attached hydrogen (secondary N) is 1. The van der Waals surface area contributed by atoms with Crippen LogP contribution in [0.25, 0.3) is 0 Å². The molecule has 1 aliphatic carbocycles. The van der Waals surface area contributed by atoms with Crippen molar-refractivity contribution in [3.63, 3.8) is 0 Å². The Bertz CT molecular complexity index is 459. The summed E-state index contributed by atoms with van der Waals surface area (Å²) in [7, 11) is 0. The van der Waals surface area contributed by atoms with Gasteiger partial charge in [0, 0.05) is 6.04 Å². The van der Waals surface area contributed by atoms with Crippen LogP contribution in [0, 0.1) is 6.92 Å². The predicted molar refractivity (Wildman–Crippen MR) is 90.2 cm³/mol. The second kappa shape index (κ2) is 6.83. The lowest BCUT2D eigenvalue weighted by Gasteiger charge is -2.33. The van der Waals surface area contributed by atoms with Crippen molar-refractivity contribution in [2.75, 3.05) is 6.54 Å². The summed E-state index contributed by atoms with van der Waals surface area (Å²) in [5.74, 6) is 1.05. The molecule has 21 heavy (non-hydrogen) atoms. The summed E-state index contributed by atoms with van der Waals surface area (Å²) in [5.41, 5.74) is 2.82. The van der Waals surface area contributed by atoms with Crippen molar-refractivity contribution in [3.8, 4) is 5.75 Å². The molecule has 0 amide bonds. The van der Waals surface area contributed by atoms with Crippen LogP contribution in [0.3, 0.4) is 0 Å². The first-order valence-corrected chi connectivity index (χ1v) is 8.43. The fraction of sp³-hybridized carbons (Fsp3) is 0.684. The number of likely N-dealkylation sites (N-methyl/N-ethyl adjacent to an activating group) is 1. The Balaban J connectivity index is 2.11. The molecule has 0 aromatic heterocycles. The molecule has 1 saturated carbocycles. The molecule has 2 rings (SSSR count). The minimum absolute atomic E-state index is 0.195. The summed E-state index contributed by atoms with van der Waals surface area (Å²) in [4.78, 5) is 0. The highest BCUT2D eigenvalue weighted by molar-refractivity contribution is 5.39. The maximum absolute atomic E-state index is 6.36. The van der Waals surface area contributed by atoms with Crippen LogP contribution in [-0.4, -0.2) is 18.7 Å². The molecule has 0 aliphatic heterocycles. The zero-order valence-corrected chi connectivity index (χ0v) is 14.3. The van der Waals surface area contributed by atoms with E-state index in [2.05, 4.69) is 58.1 Å². The van der Waals surface area contributed by atoms with Crippen LogP contribution in [-0.2, 0) is 5.41 Å². The first-order valence-electron chi connectivity index (χ1n) is 8.43. The average molecular weight is 289 g/mol. The number of aryl methyl sites for hydroxylation is 1. The van der Waals surface area contributed by atoms with Gasteiger partial charge in [-0.2, -0.15) is 0 Å². The van der Waals surface area contributed by atoms with Gasteiger partial charge in [0.2, 0.25) is 0 Å². The van der Waals surface area contributed by atoms with Crippen LogP contribution >= 0.6 is 0 Å². The summed E-state index contributed by atoms with van der Waals surface area (Å²) in [6, 6.07) is 7.16. The summed E-state index contributed by atoms with van der Waals surface area (Å²) < 4.78 is 6.36. The molecule has 1 aliphatic rings. The van der Waals surface area contributed by atoms with E-state index in [-0.39, 0.29) is 5.41 Å². The maximum atomic E-state index is 6.36. The Kier molecular flexibility index (Phi) is 5.32. The minimum Gasteiger partial charge on any atom is -0.489 e. The number of hydrogen-bond donors (Lipinski definition) is 1. The van der Waals surface area contributed by atoms with Gasteiger partial charge in [0.1, 0.15) is 11.9 Å². The van der Waals surface area contributed by atoms with Crippen LogP contribution in [0.2, 0.25) is 0 Å². The van der Waals surface area contributed by atoms with E-state index in [0.29, 0.717) is 12.1 Å². The van der Waals surface area contributed by atoms with Crippen molar-refractivity contribution in [3.05, 3.63) is 29.3 Å². The van der Waals surface area contributed by atoms with Gasteiger partial charge in [-0.3, -0.25) is 0 Å². The van der Waals surface area contributed by atoms with Crippen molar-refractivity contribution >= 4 is 0 Å². The first-order chi connectivity index (χ1) is 9.91. The molecule has 118 valence electrons. The fourth-order valence-corrected chi connectivity index (χ4v) is 3.14. The minimum atomic E-state index is 0.195. The summed E-state index contributed by atoms with van der Waals surface area (Å²) in [6.45, 7) is 12.1. The van der Waals surface area contributed by atoms with Gasteiger partial charge in [0.05, 0.1) is 0 Å². The molecule has 2 nitrogen and oxygen atoms in total. The van der Waals surface area contributed by atoms with Gasteiger partial charge in [0.15, 0.2) is 0 Å². The van der Waals surface area contributed by atoms with Crippen LogP contribution in [0.1, 0.15) is 64.5 Å². The van der Waals surface area contributed by atoms with Crippen molar-refractivity contribution in [2.45, 2.75) is 77.9 Å². The van der Waals surface area contributed by atoms with Crippen LogP contribution < -0.4 is 10.1 Å². The molecule has 0 spiro atoms. The molecule has 0 bridgehead atoms. The lowest BCUT2D eigenvalue weighted by Crippen LogP contribution is -2.45. The van der Waals surface area contributed by atoms with E-state index in [0.717, 1.165) is 18.7 Å². The molecule has 0 radical (unpaired) electrons. The third-order valence-corrected chi connectivity index (χ3v) is 4.49. The van der Waals surface area contributed by atoms with Crippen molar-refractivity contribution < 1.29 is 4.74 Å². The average Bonchev–Trinajstić information content (AvgIpc) is 2.42. The molecule has 1 aromatic rings. The largest absolute Gasteiger partial charge is 0.489 e. The van der Waals surface area contributed by atoms with E-state index < -0.39 is 0 Å². The van der Waals surface area contributed by atoms with Crippen molar-refractivity contribution in [1.82, 2.24) is 5.32 Å². The molecule has 1 fully saturated rings. The molecular formula is C19H31NO. The van der Waals surface area contributed by atoms with E-state index in [1.165, 1.54) is 30.4 Å². The SMILES string of the molecule is CCNC1CCCCC1Oc1ccc(C(C)(C)C)cc1C. The Morgan fingerprint density at radius 3 is 2.52 bits per heavy atom. The molecule has 0 heterocycles. The third kappa shape index (κ3) is 4.23. The van der Waals surface area contributed by atoms with E-state index in [1.54, 1.807) is 0 Å². The van der Waals surface area contributed by atoms with Gasteiger partial charge >= 0.3 is 0 Å². The molecule has 1 aromatic carbocycles. The van der Waals surface area contributed by atoms with Crippen LogP contribution in [0.15, 0.2) is 18.2 Å². The molecule has 0 saturated heterocycles. The molecule has 2 atom stereocenters. The van der Waals surface area contributed by atoms with Crippen molar-refractivity contribution in [1.29, 1.82) is 0 Å².